The second kappa shape index (κ2) is 6.78. The van der Waals surface area contributed by atoms with Gasteiger partial charge in [-0.15, -0.1) is 0 Å². The molecule has 0 radical (unpaired) electrons. The third-order valence-electron chi connectivity index (χ3n) is 5.48. The van der Waals surface area contributed by atoms with Crippen molar-refractivity contribution in [2.24, 2.45) is 0 Å². The zero-order valence-corrected chi connectivity index (χ0v) is 17.8. The molecule has 0 spiro atoms. The van der Waals surface area contributed by atoms with E-state index >= 15 is 0 Å². The Hall–Kier alpha value is -2.05. The van der Waals surface area contributed by atoms with E-state index in [9.17, 15) is 10.1 Å². The van der Waals surface area contributed by atoms with Gasteiger partial charge < -0.3 is 18.9 Å². The Labute approximate surface area is 166 Å². The minimum atomic E-state index is -0.566. The Balaban J connectivity index is 1.73. The van der Waals surface area contributed by atoms with Gasteiger partial charge in [-0.2, -0.15) is 10.4 Å². The molecule has 28 heavy (non-hydrogen) atoms. The van der Waals surface area contributed by atoms with Crippen LogP contribution in [-0.2, 0) is 20.5 Å². The zero-order chi connectivity index (χ0) is 20.9. The highest BCUT2D eigenvalue weighted by atomic mass is 16.7. The number of ether oxygens (including phenoxy) is 1. The molecule has 0 bridgehead atoms. The first-order valence-corrected chi connectivity index (χ1v) is 9.61. The third kappa shape index (κ3) is 3.89. The molecule has 1 amide bonds. The summed E-state index contributed by atoms with van der Waals surface area (Å²) in [7, 11) is -0.566. The highest BCUT2D eigenvalue weighted by Gasteiger charge is 2.53. The maximum absolute atomic E-state index is 12.1. The van der Waals surface area contributed by atoms with Gasteiger partial charge in [0, 0.05) is 24.7 Å². The first kappa shape index (κ1) is 20.7. The monoisotopic (exact) mass is 388 g/mol. The Kier molecular flexibility index (Phi) is 5.01. The number of amides is 1. The van der Waals surface area contributed by atoms with Gasteiger partial charge in [-0.25, -0.2) is 4.79 Å². The molecule has 0 saturated carbocycles. The van der Waals surface area contributed by atoms with Crippen molar-refractivity contribution in [3.8, 4) is 6.07 Å². The van der Waals surface area contributed by atoms with E-state index in [0.717, 1.165) is 5.46 Å². The molecule has 0 unspecified atom stereocenters. The van der Waals surface area contributed by atoms with E-state index in [0.29, 0.717) is 18.8 Å². The number of nitrogens with zero attached hydrogens (tertiary/aromatic N) is 4. The van der Waals surface area contributed by atoms with Crippen molar-refractivity contribution in [2.45, 2.75) is 77.7 Å². The van der Waals surface area contributed by atoms with E-state index in [2.05, 4.69) is 11.2 Å². The number of nitriles is 1. The van der Waals surface area contributed by atoms with E-state index in [-0.39, 0.29) is 18.6 Å². The highest BCUT2D eigenvalue weighted by Crippen LogP contribution is 2.36. The Morgan fingerprint density at radius 2 is 1.89 bits per heavy atom. The summed E-state index contributed by atoms with van der Waals surface area (Å²) in [5.74, 6) is 0. The number of likely N-dealkylation sites (tertiary alicyclic amines) is 1. The molecular weight excluding hydrogens is 359 g/mol. The lowest BCUT2D eigenvalue weighted by Crippen LogP contribution is -2.52. The standard InChI is InChI=1S/C19H29BN4O4/c1-17(2,3)26-16(25)23-10-13(11-23)24-12-14(15(22-24)8-9-21)20-27-18(4,5)19(6,7)28-20/h12-13H,8,10-11H2,1-7H3. The number of carbonyl (C=O) groups excluding carboxylic acids is 1. The molecule has 0 aliphatic carbocycles. The maximum atomic E-state index is 12.1. The van der Waals surface area contributed by atoms with Crippen molar-refractivity contribution >= 4 is 18.7 Å². The predicted octanol–water partition coefficient (Wildman–Crippen LogP) is 2.04. The number of aromatic nitrogens is 2. The summed E-state index contributed by atoms with van der Waals surface area (Å²) in [6.45, 7) is 14.6. The summed E-state index contributed by atoms with van der Waals surface area (Å²) in [5, 5.41) is 13.8. The number of hydrogen-bond acceptors (Lipinski definition) is 6. The molecule has 0 aromatic carbocycles. The van der Waals surface area contributed by atoms with Crippen molar-refractivity contribution in [3.63, 3.8) is 0 Å². The van der Waals surface area contributed by atoms with Crippen LogP contribution in [0.4, 0.5) is 4.79 Å². The lowest BCUT2D eigenvalue weighted by Gasteiger charge is -2.39. The molecule has 2 aliphatic heterocycles. The molecule has 3 heterocycles. The predicted molar refractivity (Wildman–Crippen MR) is 104 cm³/mol. The van der Waals surface area contributed by atoms with Gasteiger partial charge in [0.25, 0.3) is 0 Å². The normalized spacial score (nSPS) is 21.4. The van der Waals surface area contributed by atoms with Gasteiger partial charge in [-0.1, -0.05) is 0 Å². The van der Waals surface area contributed by atoms with E-state index in [1.807, 2.05) is 59.3 Å². The molecule has 1 aromatic rings. The van der Waals surface area contributed by atoms with E-state index in [4.69, 9.17) is 14.0 Å². The van der Waals surface area contributed by atoms with Crippen LogP contribution in [-0.4, -0.2) is 57.8 Å². The smallest absolute Gasteiger partial charge is 0.444 e. The number of rotatable bonds is 3. The summed E-state index contributed by atoms with van der Waals surface area (Å²) in [6.07, 6.45) is 1.74. The van der Waals surface area contributed by atoms with Gasteiger partial charge in [0.05, 0.1) is 35.4 Å². The molecule has 2 saturated heterocycles. The van der Waals surface area contributed by atoms with Gasteiger partial charge in [-0.05, 0) is 48.5 Å². The van der Waals surface area contributed by atoms with Crippen LogP contribution < -0.4 is 5.46 Å². The van der Waals surface area contributed by atoms with E-state index < -0.39 is 23.9 Å². The SMILES string of the molecule is CC(C)(C)OC(=O)N1CC(n2cc(B3OC(C)(C)C(C)(C)O3)c(CC#N)n2)C1. The third-order valence-corrected chi connectivity index (χ3v) is 5.48. The summed E-state index contributed by atoms with van der Waals surface area (Å²) < 4.78 is 19.5. The second-order valence-corrected chi connectivity index (χ2v) is 9.47. The zero-order valence-electron chi connectivity index (χ0n) is 17.8. The fourth-order valence-corrected chi connectivity index (χ4v) is 3.11. The first-order chi connectivity index (χ1) is 12.8. The van der Waals surface area contributed by atoms with Crippen LogP contribution in [0.25, 0.3) is 0 Å². The average molecular weight is 388 g/mol. The topological polar surface area (TPSA) is 89.6 Å². The summed E-state index contributed by atoms with van der Waals surface area (Å²) in [6, 6.07) is 2.20. The van der Waals surface area contributed by atoms with Gasteiger partial charge in [-0.3, -0.25) is 4.68 Å². The van der Waals surface area contributed by atoms with Crippen LogP contribution in [0.5, 0.6) is 0 Å². The van der Waals surface area contributed by atoms with Crippen LogP contribution in [0.1, 0.15) is 60.2 Å². The average Bonchev–Trinajstić information content (AvgIpc) is 2.95. The van der Waals surface area contributed by atoms with E-state index in [1.54, 1.807) is 4.90 Å². The molecule has 3 rings (SSSR count). The fourth-order valence-electron chi connectivity index (χ4n) is 3.11. The lowest BCUT2D eigenvalue weighted by molar-refractivity contribution is -0.000417. The summed E-state index contributed by atoms with van der Waals surface area (Å²) in [5.41, 5.74) is -0.0216. The molecule has 0 N–H and O–H groups in total. The van der Waals surface area contributed by atoms with Crippen molar-refractivity contribution in [1.29, 1.82) is 5.26 Å². The van der Waals surface area contributed by atoms with E-state index in [1.165, 1.54) is 0 Å². The number of hydrogen-bond donors (Lipinski definition) is 0. The molecule has 2 fully saturated rings. The van der Waals surface area contributed by atoms with Crippen LogP contribution in [0.3, 0.4) is 0 Å². The van der Waals surface area contributed by atoms with Crippen molar-refractivity contribution in [3.05, 3.63) is 11.9 Å². The van der Waals surface area contributed by atoms with Crippen LogP contribution in [0, 0.1) is 11.3 Å². The lowest BCUT2D eigenvalue weighted by atomic mass is 9.79. The molecule has 9 heteroatoms. The quantitative estimate of drug-likeness (QED) is 0.737. The molecule has 152 valence electrons. The molecule has 2 aliphatic rings. The molecular formula is C19H29BN4O4. The first-order valence-electron chi connectivity index (χ1n) is 9.61. The van der Waals surface area contributed by atoms with Gasteiger partial charge in [0.2, 0.25) is 0 Å². The Morgan fingerprint density at radius 1 is 1.32 bits per heavy atom. The fraction of sp³-hybridized carbons (Fsp3) is 0.737. The number of carbonyl (C=O) groups is 1. The summed E-state index contributed by atoms with van der Waals surface area (Å²) >= 11 is 0. The summed E-state index contributed by atoms with van der Waals surface area (Å²) in [4.78, 5) is 13.8. The van der Waals surface area contributed by atoms with Crippen molar-refractivity contribution < 1.29 is 18.8 Å². The van der Waals surface area contributed by atoms with Gasteiger partial charge in [0.1, 0.15) is 5.60 Å². The van der Waals surface area contributed by atoms with Gasteiger partial charge in [0.15, 0.2) is 0 Å². The molecule has 0 atom stereocenters. The molecule has 8 nitrogen and oxygen atoms in total. The highest BCUT2D eigenvalue weighted by molar-refractivity contribution is 6.62. The maximum Gasteiger partial charge on any atom is 0.498 e. The Morgan fingerprint density at radius 3 is 2.39 bits per heavy atom. The van der Waals surface area contributed by atoms with Gasteiger partial charge >= 0.3 is 13.2 Å². The van der Waals surface area contributed by atoms with Crippen LogP contribution in [0.15, 0.2) is 6.20 Å². The Bertz CT molecular complexity index is 784. The second-order valence-electron chi connectivity index (χ2n) is 9.47. The minimum absolute atomic E-state index is 0.0427. The van der Waals surface area contributed by atoms with Crippen LogP contribution >= 0.6 is 0 Å². The largest absolute Gasteiger partial charge is 0.498 e. The van der Waals surface area contributed by atoms with Crippen molar-refractivity contribution in [2.75, 3.05) is 13.1 Å². The van der Waals surface area contributed by atoms with Crippen LogP contribution in [0.2, 0.25) is 0 Å². The van der Waals surface area contributed by atoms with Crippen molar-refractivity contribution in [1.82, 2.24) is 14.7 Å². The minimum Gasteiger partial charge on any atom is -0.444 e. The molecule has 1 aromatic heterocycles.